The zero-order chi connectivity index (χ0) is 15.0. The first-order valence-corrected chi connectivity index (χ1v) is 6.92. The number of likely N-dealkylation sites (N-methyl/N-ethyl adjacent to an activating group) is 1. The summed E-state index contributed by atoms with van der Waals surface area (Å²) in [6.45, 7) is 3.58. The molecule has 1 heterocycles. The molecular weight excluding hydrogens is 254 g/mol. The molecule has 0 spiro atoms. The molecule has 0 radical (unpaired) electrons. The predicted octanol–water partition coefficient (Wildman–Crippen LogP) is 1.28. The maximum Gasteiger partial charge on any atom is 0.158 e. The topological polar surface area (TPSA) is 60.6 Å². The van der Waals surface area contributed by atoms with Crippen molar-refractivity contribution in [3.63, 3.8) is 0 Å². The van der Waals surface area contributed by atoms with Crippen LogP contribution in [0.2, 0.25) is 0 Å². The Morgan fingerprint density at radius 2 is 2.05 bits per heavy atom. The first-order valence-electron chi connectivity index (χ1n) is 6.92. The minimum atomic E-state index is -0.235. The maximum atomic E-state index is 5.97. The van der Waals surface area contributed by atoms with Gasteiger partial charge in [0.15, 0.2) is 6.29 Å². The van der Waals surface area contributed by atoms with Gasteiger partial charge < -0.3 is 15.2 Å². The van der Waals surface area contributed by atoms with Gasteiger partial charge >= 0.3 is 0 Å². The van der Waals surface area contributed by atoms with Crippen LogP contribution in [0.15, 0.2) is 24.4 Å². The van der Waals surface area contributed by atoms with E-state index in [1.807, 2.05) is 24.4 Å². The van der Waals surface area contributed by atoms with Gasteiger partial charge in [0.1, 0.15) is 0 Å². The van der Waals surface area contributed by atoms with Crippen molar-refractivity contribution in [3.05, 3.63) is 30.1 Å². The summed E-state index contributed by atoms with van der Waals surface area (Å²) < 4.78 is 10.6. The highest BCUT2D eigenvalue weighted by molar-refractivity contribution is 5.04. The van der Waals surface area contributed by atoms with Gasteiger partial charge in [-0.3, -0.25) is 9.88 Å². The lowest BCUT2D eigenvalue weighted by Crippen LogP contribution is -2.52. The van der Waals surface area contributed by atoms with E-state index in [4.69, 9.17) is 15.2 Å². The highest BCUT2D eigenvalue weighted by atomic mass is 16.7. The summed E-state index contributed by atoms with van der Waals surface area (Å²) in [7, 11) is 5.39. The van der Waals surface area contributed by atoms with Gasteiger partial charge in [-0.05, 0) is 26.1 Å². The average Bonchev–Trinajstić information content (AvgIpc) is 2.50. The summed E-state index contributed by atoms with van der Waals surface area (Å²) >= 11 is 0. The Balaban J connectivity index is 2.59. The Kier molecular flexibility index (Phi) is 7.09. The molecule has 0 fully saturated rings. The SMILES string of the molecule is COC(CC(C)(CN)N(C)CCc1ccccn1)OC. The number of pyridine rings is 1. The van der Waals surface area contributed by atoms with Crippen LogP contribution in [0.4, 0.5) is 0 Å². The van der Waals surface area contributed by atoms with Crippen LogP contribution in [0.1, 0.15) is 19.0 Å². The molecule has 0 aromatic carbocycles. The number of methoxy groups -OCH3 is 2. The van der Waals surface area contributed by atoms with E-state index in [1.165, 1.54) is 0 Å². The summed E-state index contributed by atoms with van der Waals surface area (Å²) in [5.41, 5.74) is 6.90. The van der Waals surface area contributed by atoms with Gasteiger partial charge in [0, 0.05) is 57.6 Å². The molecule has 0 aliphatic heterocycles. The normalized spacial score (nSPS) is 14.8. The minimum absolute atomic E-state index is 0.161. The molecule has 5 heteroatoms. The third-order valence-electron chi connectivity index (χ3n) is 3.92. The third kappa shape index (κ3) is 4.83. The molecular formula is C15H27N3O2. The second-order valence-corrected chi connectivity index (χ2v) is 5.30. The summed E-state index contributed by atoms with van der Waals surface area (Å²) in [6, 6.07) is 5.98. The van der Waals surface area contributed by atoms with Crippen molar-refractivity contribution in [2.45, 2.75) is 31.6 Å². The van der Waals surface area contributed by atoms with Gasteiger partial charge in [0.2, 0.25) is 0 Å². The Morgan fingerprint density at radius 1 is 1.35 bits per heavy atom. The number of nitrogens with zero attached hydrogens (tertiary/aromatic N) is 2. The number of hydrogen-bond acceptors (Lipinski definition) is 5. The first kappa shape index (κ1) is 17.0. The van der Waals surface area contributed by atoms with Crippen LogP contribution in [0, 0.1) is 0 Å². The molecule has 1 rings (SSSR count). The fourth-order valence-electron chi connectivity index (χ4n) is 2.12. The van der Waals surface area contributed by atoms with Crippen molar-refractivity contribution in [1.29, 1.82) is 0 Å². The van der Waals surface area contributed by atoms with E-state index in [-0.39, 0.29) is 11.8 Å². The lowest BCUT2D eigenvalue weighted by molar-refractivity contribution is -0.126. The van der Waals surface area contributed by atoms with Crippen LogP contribution in [0.5, 0.6) is 0 Å². The van der Waals surface area contributed by atoms with E-state index in [1.54, 1.807) is 14.2 Å². The molecule has 5 nitrogen and oxygen atoms in total. The van der Waals surface area contributed by atoms with Crippen molar-refractivity contribution in [2.75, 3.05) is 34.4 Å². The van der Waals surface area contributed by atoms with Gasteiger partial charge in [-0.25, -0.2) is 0 Å². The van der Waals surface area contributed by atoms with Crippen molar-refractivity contribution in [3.8, 4) is 0 Å². The van der Waals surface area contributed by atoms with Gasteiger partial charge in [0.25, 0.3) is 0 Å². The average molecular weight is 281 g/mol. The number of hydrogen-bond donors (Lipinski definition) is 1. The van der Waals surface area contributed by atoms with Crippen LogP contribution >= 0.6 is 0 Å². The fourth-order valence-corrected chi connectivity index (χ4v) is 2.12. The molecule has 0 amide bonds. The molecule has 0 aliphatic rings. The number of ether oxygens (including phenoxy) is 2. The number of rotatable bonds is 9. The summed E-state index contributed by atoms with van der Waals surface area (Å²) in [5, 5.41) is 0. The Hall–Kier alpha value is -1.01. The van der Waals surface area contributed by atoms with Gasteiger partial charge in [-0.15, -0.1) is 0 Å². The largest absolute Gasteiger partial charge is 0.356 e. The van der Waals surface area contributed by atoms with Crippen LogP contribution in [0.3, 0.4) is 0 Å². The van der Waals surface area contributed by atoms with Gasteiger partial charge in [0.05, 0.1) is 0 Å². The fraction of sp³-hybridized carbons (Fsp3) is 0.667. The molecule has 20 heavy (non-hydrogen) atoms. The predicted molar refractivity (Wildman–Crippen MR) is 80.5 cm³/mol. The van der Waals surface area contributed by atoms with Crippen LogP contribution in [-0.2, 0) is 15.9 Å². The highest BCUT2D eigenvalue weighted by Gasteiger charge is 2.31. The monoisotopic (exact) mass is 281 g/mol. The third-order valence-corrected chi connectivity index (χ3v) is 3.92. The molecule has 1 aromatic rings. The van der Waals surface area contributed by atoms with Crippen molar-refractivity contribution in [2.24, 2.45) is 5.73 Å². The summed E-state index contributed by atoms with van der Waals surface area (Å²) in [6.07, 6.45) is 3.22. The molecule has 1 aromatic heterocycles. The standard InChI is InChI=1S/C15H27N3O2/c1-15(12-16,11-14(19-3)20-4)18(2)10-8-13-7-5-6-9-17-13/h5-7,9,14H,8,10-12,16H2,1-4H3. The Morgan fingerprint density at radius 3 is 2.55 bits per heavy atom. The zero-order valence-electron chi connectivity index (χ0n) is 13.0. The van der Waals surface area contributed by atoms with E-state index in [0.717, 1.165) is 25.1 Å². The van der Waals surface area contributed by atoms with Crippen molar-refractivity contribution < 1.29 is 9.47 Å². The lowest BCUT2D eigenvalue weighted by atomic mass is 9.95. The molecule has 1 atom stereocenters. The van der Waals surface area contributed by atoms with Crippen LogP contribution < -0.4 is 5.73 Å². The van der Waals surface area contributed by atoms with E-state index in [2.05, 4.69) is 23.9 Å². The van der Waals surface area contributed by atoms with Gasteiger partial charge in [-0.1, -0.05) is 6.07 Å². The van der Waals surface area contributed by atoms with Crippen molar-refractivity contribution in [1.82, 2.24) is 9.88 Å². The molecule has 0 saturated heterocycles. The lowest BCUT2D eigenvalue weighted by Gasteiger charge is -2.39. The second-order valence-electron chi connectivity index (χ2n) is 5.30. The number of nitrogens with two attached hydrogens (primary N) is 1. The van der Waals surface area contributed by atoms with E-state index in [9.17, 15) is 0 Å². The maximum absolute atomic E-state index is 5.97. The molecule has 0 bridgehead atoms. The molecule has 2 N–H and O–H groups in total. The highest BCUT2D eigenvalue weighted by Crippen LogP contribution is 2.20. The molecule has 1 unspecified atom stereocenters. The minimum Gasteiger partial charge on any atom is -0.356 e. The molecule has 0 saturated carbocycles. The summed E-state index contributed by atoms with van der Waals surface area (Å²) in [5.74, 6) is 0. The van der Waals surface area contributed by atoms with Crippen molar-refractivity contribution >= 4 is 0 Å². The molecule has 114 valence electrons. The van der Waals surface area contributed by atoms with E-state index in [0.29, 0.717) is 6.54 Å². The first-order chi connectivity index (χ1) is 9.55. The van der Waals surface area contributed by atoms with Crippen LogP contribution in [-0.4, -0.2) is 56.1 Å². The zero-order valence-corrected chi connectivity index (χ0v) is 13.0. The smallest absolute Gasteiger partial charge is 0.158 e. The van der Waals surface area contributed by atoms with Crippen LogP contribution in [0.25, 0.3) is 0 Å². The van der Waals surface area contributed by atoms with E-state index >= 15 is 0 Å². The summed E-state index contributed by atoms with van der Waals surface area (Å²) in [4.78, 5) is 6.60. The quantitative estimate of drug-likeness (QED) is 0.691. The number of aromatic nitrogens is 1. The molecule has 0 aliphatic carbocycles. The Bertz CT molecular complexity index is 371. The van der Waals surface area contributed by atoms with Gasteiger partial charge in [-0.2, -0.15) is 0 Å². The van der Waals surface area contributed by atoms with E-state index < -0.39 is 0 Å². The second kappa shape index (κ2) is 8.32. The Labute approximate surface area is 122 Å².